The number of H-pyrrole nitrogens is 1. The number of aliphatic hydroxyl groups excluding tert-OH is 1. The molecule has 3 nitrogen and oxygen atoms in total. The maximum absolute atomic E-state index is 8.66. The summed E-state index contributed by atoms with van der Waals surface area (Å²) < 4.78 is 2.17. The summed E-state index contributed by atoms with van der Waals surface area (Å²) in [5, 5.41) is 8.66. The number of unbranched alkanes of at least 4 members (excludes halogenated alkanes) is 8. The summed E-state index contributed by atoms with van der Waals surface area (Å²) in [7, 11) is 2.10. The van der Waals surface area contributed by atoms with Crippen molar-refractivity contribution in [1.29, 1.82) is 0 Å². The number of hydrogen-bond acceptors (Lipinski definition) is 1. The lowest BCUT2D eigenvalue weighted by atomic mass is 10.1. The summed E-state index contributed by atoms with van der Waals surface area (Å²) in [6.07, 6.45) is 16.8. The second-order valence-corrected chi connectivity index (χ2v) is 5.17. The van der Waals surface area contributed by atoms with E-state index >= 15 is 0 Å². The Bertz CT molecular complexity index is 296. The van der Waals surface area contributed by atoms with E-state index in [0.717, 1.165) is 6.42 Å². The Hall–Kier alpha value is -0.830. The van der Waals surface area contributed by atoms with Crippen LogP contribution < -0.4 is 4.57 Å². The van der Waals surface area contributed by atoms with Crippen LogP contribution in [0.5, 0.6) is 0 Å². The van der Waals surface area contributed by atoms with E-state index in [9.17, 15) is 0 Å². The normalized spacial score (nSPS) is 11.0. The Balaban J connectivity index is 1.83. The molecule has 0 saturated carbocycles. The van der Waals surface area contributed by atoms with E-state index in [1.807, 2.05) is 6.20 Å². The Morgan fingerprint density at radius 2 is 1.50 bits per heavy atom. The molecule has 0 amide bonds. The van der Waals surface area contributed by atoms with Gasteiger partial charge in [0.2, 0.25) is 0 Å². The van der Waals surface area contributed by atoms with Crippen LogP contribution in [0.2, 0.25) is 0 Å². The van der Waals surface area contributed by atoms with E-state index in [1.165, 1.54) is 63.6 Å². The van der Waals surface area contributed by atoms with Crippen LogP contribution >= 0.6 is 0 Å². The number of nitrogens with one attached hydrogen (secondary N) is 1. The average Bonchev–Trinajstić information content (AvgIpc) is 2.77. The van der Waals surface area contributed by atoms with E-state index in [1.54, 1.807) is 0 Å². The minimum Gasteiger partial charge on any atom is -0.396 e. The lowest BCUT2D eigenvalue weighted by Crippen LogP contribution is -2.30. The SMILES string of the molecule is C[n+]1cc[nH]c1CCCCCCCCCCCO. The smallest absolute Gasteiger partial charge is 0.253 e. The molecule has 0 fully saturated rings. The first kappa shape index (κ1) is 15.2. The maximum Gasteiger partial charge on any atom is 0.253 e. The monoisotopic (exact) mass is 253 g/mol. The zero-order valence-corrected chi connectivity index (χ0v) is 11.8. The van der Waals surface area contributed by atoms with Gasteiger partial charge < -0.3 is 5.11 Å². The van der Waals surface area contributed by atoms with Gasteiger partial charge in [0, 0.05) is 13.0 Å². The van der Waals surface area contributed by atoms with Crippen molar-refractivity contribution in [2.45, 2.75) is 64.2 Å². The molecule has 0 atom stereocenters. The second kappa shape index (κ2) is 10.1. The third-order valence-electron chi connectivity index (χ3n) is 3.55. The highest BCUT2D eigenvalue weighted by Crippen LogP contribution is 2.10. The minimum atomic E-state index is 0.357. The number of aromatic nitrogens is 2. The average molecular weight is 253 g/mol. The quantitative estimate of drug-likeness (QED) is 0.462. The molecule has 18 heavy (non-hydrogen) atoms. The number of aliphatic hydroxyl groups is 1. The molecule has 1 aromatic heterocycles. The molecule has 0 aromatic carbocycles. The zero-order valence-electron chi connectivity index (χ0n) is 11.8. The van der Waals surface area contributed by atoms with Crippen LogP contribution in [0.15, 0.2) is 12.4 Å². The number of aryl methyl sites for hydroxylation is 2. The summed E-state index contributed by atoms with van der Waals surface area (Å²) >= 11 is 0. The third kappa shape index (κ3) is 6.80. The third-order valence-corrected chi connectivity index (χ3v) is 3.55. The molecule has 0 saturated heterocycles. The summed E-state index contributed by atoms with van der Waals surface area (Å²) in [5.74, 6) is 1.33. The van der Waals surface area contributed by atoms with E-state index in [0.29, 0.717) is 6.61 Å². The van der Waals surface area contributed by atoms with Gasteiger partial charge in [-0.25, -0.2) is 9.55 Å². The van der Waals surface area contributed by atoms with Crippen LogP contribution in [0.25, 0.3) is 0 Å². The fourth-order valence-corrected chi connectivity index (χ4v) is 2.33. The zero-order chi connectivity index (χ0) is 13.1. The molecule has 0 unspecified atom stereocenters. The van der Waals surface area contributed by atoms with Crippen molar-refractivity contribution < 1.29 is 9.67 Å². The molecule has 0 bridgehead atoms. The van der Waals surface area contributed by atoms with Gasteiger partial charge in [-0.3, -0.25) is 0 Å². The van der Waals surface area contributed by atoms with E-state index in [-0.39, 0.29) is 0 Å². The minimum absolute atomic E-state index is 0.357. The summed E-state index contributed by atoms with van der Waals surface area (Å²) in [4.78, 5) is 3.28. The van der Waals surface area contributed by atoms with Gasteiger partial charge in [-0.2, -0.15) is 0 Å². The standard InChI is InChI=1S/C15H28N2O/c1-17-13-12-16-15(17)11-9-7-5-3-2-4-6-8-10-14-18/h12-13,18H,2-11,14H2,1H3/p+1. The number of rotatable bonds is 11. The van der Waals surface area contributed by atoms with Crippen molar-refractivity contribution in [3.8, 4) is 0 Å². The van der Waals surface area contributed by atoms with E-state index < -0.39 is 0 Å². The Labute approximate surface area is 111 Å². The molecule has 104 valence electrons. The molecule has 1 aromatic rings. The molecular formula is C15H29N2O+. The molecule has 0 aliphatic carbocycles. The van der Waals surface area contributed by atoms with Gasteiger partial charge in [-0.05, 0) is 12.8 Å². The van der Waals surface area contributed by atoms with E-state index in [4.69, 9.17) is 5.11 Å². The lowest BCUT2D eigenvalue weighted by Gasteiger charge is -2.01. The maximum atomic E-state index is 8.66. The Morgan fingerprint density at radius 1 is 0.944 bits per heavy atom. The second-order valence-electron chi connectivity index (χ2n) is 5.17. The Morgan fingerprint density at radius 3 is 2.00 bits per heavy atom. The molecule has 1 rings (SSSR count). The topological polar surface area (TPSA) is 39.9 Å². The molecule has 2 N–H and O–H groups in total. The Kier molecular flexibility index (Phi) is 8.57. The van der Waals surface area contributed by atoms with Crippen LogP contribution in [-0.2, 0) is 13.5 Å². The van der Waals surface area contributed by atoms with Crippen LogP contribution in [-0.4, -0.2) is 16.7 Å². The first-order chi connectivity index (χ1) is 8.84. The van der Waals surface area contributed by atoms with Crippen molar-refractivity contribution in [3.63, 3.8) is 0 Å². The first-order valence-electron chi connectivity index (χ1n) is 7.47. The molecule has 0 aliphatic rings. The fraction of sp³-hybridized carbons (Fsp3) is 0.800. The number of hydrogen-bond donors (Lipinski definition) is 2. The van der Waals surface area contributed by atoms with Gasteiger partial charge >= 0.3 is 0 Å². The van der Waals surface area contributed by atoms with Crippen molar-refractivity contribution in [3.05, 3.63) is 18.2 Å². The molecule has 0 aliphatic heterocycles. The summed E-state index contributed by atoms with van der Waals surface area (Å²) in [6, 6.07) is 0. The van der Waals surface area contributed by atoms with Crippen molar-refractivity contribution in [2.24, 2.45) is 7.05 Å². The van der Waals surface area contributed by atoms with Crippen LogP contribution in [0.1, 0.15) is 63.6 Å². The van der Waals surface area contributed by atoms with Gasteiger partial charge in [-0.15, -0.1) is 0 Å². The molecule has 0 spiro atoms. The van der Waals surface area contributed by atoms with Gasteiger partial charge in [0.25, 0.3) is 5.82 Å². The van der Waals surface area contributed by atoms with E-state index in [2.05, 4.69) is 22.8 Å². The highest BCUT2D eigenvalue weighted by Gasteiger charge is 2.04. The van der Waals surface area contributed by atoms with Crippen LogP contribution in [0, 0.1) is 0 Å². The predicted molar refractivity (Wildman–Crippen MR) is 74.3 cm³/mol. The van der Waals surface area contributed by atoms with Crippen LogP contribution in [0.3, 0.4) is 0 Å². The first-order valence-corrected chi connectivity index (χ1v) is 7.47. The van der Waals surface area contributed by atoms with Crippen LogP contribution in [0.4, 0.5) is 0 Å². The highest BCUT2D eigenvalue weighted by atomic mass is 16.2. The molecule has 3 heteroatoms. The van der Waals surface area contributed by atoms with Crippen molar-refractivity contribution >= 4 is 0 Å². The van der Waals surface area contributed by atoms with Gasteiger partial charge in [0.15, 0.2) is 0 Å². The predicted octanol–water partition coefficient (Wildman–Crippen LogP) is 2.88. The fourth-order valence-electron chi connectivity index (χ4n) is 2.33. The molecular weight excluding hydrogens is 224 g/mol. The van der Waals surface area contributed by atoms with Gasteiger partial charge in [0.05, 0.1) is 7.05 Å². The number of imidazole rings is 1. The largest absolute Gasteiger partial charge is 0.396 e. The lowest BCUT2D eigenvalue weighted by molar-refractivity contribution is -0.677. The van der Waals surface area contributed by atoms with Gasteiger partial charge in [-0.1, -0.05) is 44.9 Å². The summed E-state index contributed by atoms with van der Waals surface area (Å²) in [5.41, 5.74) is 0. The van der Waals surface area contributed by atoms with Crippen molar-refractivity contribution in [2.75, 3.05) is 6.61 Å². The molecule has 0 radical (unpaired) electrons. The number of nitrogens with zero attached hydrogens (tertiary/aromatic N) is 1. The number of aromatic amines is 1. The molecule has 1 heterocycles. The van der Waals surface area contributed by atoms with Gasteiger partial charge in [0.1, 0.15) is 12.4 Å². The summed E-state index contributed by atoms with van der Waals surface area (Å²) in [6.45, 7) is 0.357. The highest BCUT2D eigenvalue weighted by molar-refractivity contribution is 4.76. The van der Waals surface area contributed by atoms with Crippen molar-refractivity contribution in [1.82, 2.24) is 4.98 Å².